The maximum Gasteiger partial charge on any atom is 0.418 e. The van der Waals surface area contributed by atoms with E-state index < -0.39 is 17.6 Å². The molecule has 0 aliphatic heterocycles. The summed E-state index contributed by atoms with van der Waals surface area (Å²) in [5, 5.41) is 0. The highest BCUT2D eigenvalue weighted by molar-refractivity contribution is 5.23. The number of rotatable bonds is 1. The number of allylic oxidation sites excluding steroid dienone is 2. The van der Waals surface area contributed by atoms with Gasteiger partial charge in [-0.25, -0.2) is 4.39 Å². The molecule has 0 saturated carbocycles. The fourth-order valence-corrected chi connectivity index (χ4v) is 0.154. The lowest BCUT2D eigenvalue weighted by Crippen LogP contribution is -2.10. The van der Waals surface area contributed by atoms with Crippen LogP contribution in [0.25, 0.3) is 0 Å². The Hall–Kier alpha value is -0.800. The molecule has 0 aliphatic carbocycles. The lowest BCUT2D eigenvalue weighted by Gasteiger charge is -2.05. The highest BCUT2D eigenvalue weighted by Crippen LogP contribution is 2.28. The van der Waals surface area contributed by atoms with Crippen LogP contribution in [0.3, 0.4) is 0 Å². The third-order valence-electron chi connectivity index (χ3n) is 0.670. The summed E-state index contributed by atoms with van der Waals surface area (Å²) < 4.78 is 45.5. The van der Waals surface area contributed by atoms with Gasteiger partial charge in [-0.1, -0.05) is 13.2 Å². The Balaban J connectivity index is 4.23. The second-order valence-corrected chi connectivity index (χ2v) is 1.38. The Bertz CT molecular complexity index is 142. The quantitative estimate of drug-likeness (QED) is 0.388. The molecule has 52 valence electrons. The van der Waals surface area contributed by atoms with Gasteiger partial charge in [0.25, 0.3) is 0 Å². The zero-order valence-electron chi connectivity index (χ0n) is 4.43. The van der Waals surface area contributed by atoms with E-state index >= 15 is 0 Å². The number of halogens is 4. The van der Waals surface area contributed by atoms with Crippen LogP contribution in [-0.2, 0) is 0 Å². The molecule has 0 saturated heterocycles. The molecule has 0 aromatic heterocycles. The first kappa shape index (κ1) is 8.20. The highest BCUT2D eigenvalue weighted by Gasteiger charge is 2.33. The topological polar surface area (TPSA) is 0 Å². The normalized spacial score (nSPS) is 11.1. The minimum Gasteiger partial charge on any atom is -0.207 e. The molecule has 0 amide bonds. The van der Waals surface area contributed by atoms with Gasteiger partial charge in [-0.05, 0) is 0 Å². The molecule has 0 rings (SSSR count). The Kier molecular flexibility index (Phi) is 2.01. The summed E-state index contributed by atoms with van der Waals surface area (Å²) in [7, 11) is 0. The summed E-state index contributed by atoms with van der Waals surface area (Å²) in [6.07, 6.45) is -4.69. The van der Waals surface area contributed by atoms with Crippen molar-refractivity contribution in [2.45, 2.75) is 6.18 Å². The molecule has 0 N–H and O–H groups in total. The van der Waals surface area contributed by atoms with Crippen LogP contribution in [0.5, 0.6) is 0 Å². The predicted octanol–water partition coefficient (Wildman–Crippen LogP) is 2.59. The number of alkyl halides is 3. The first-order chi connectivity index (χ1) is 3.85. The molecule has 0 nitrogen and oxygen atoms in total. The van der Waals surface area contributed by atoms with E-state index in [2.05, 4.69) is 13.2 Å². The molecule has 0 fully saturated rings. The van der Waals surface area contributed by atoms with E-state index in [1.807, 2.05) is 0 Å². The Morgan fingerprint density at radius 2 is 1.44 bits per heavy atom. The minimum atomic E-state index is -4.69. The first-order valence-electron chi connectivity index (χ1n) is 1.96. The molecule has 0 heterocycles. The molecule has 0 spiro atoms. The molecule has 0 radical (unpaired) electrons. The fourth-order valence-electron chi connectivity index (χ4n) is 0.154. The van der Waals surface area contributed by atoms with Gasteiger partial charge < -0.3 is 0 Å². The molecular weight excluding hydrogens is 136 g/mol. The van der Waals surface area contributed by atoms with Crippen molar-refractivity contribution in [1.29, 1.82) is 0 Å². The van der Waals surface area contributed by atoms with Gasteiger partial charge in [0.05, 0.1) is 5.57 Å². The zero-order valence-corrected chi connectivity index (χ0v) is 4.43. The maximum atomic E-state index is 11.6. The van der Waals surface area contributed by atoms with Crippen molar-refractivity contribution >= 4 is 0 Å². The van der Waals surface area contributed by atoms with Crippen LogP contribution in [0.1, 0.15) is 0 Å². The molecule has 0 atom stereocenters. The summed E-state index contributed by atoms with van der Waals surface area (Å²) in [4.78, 5) is 0. The van der Waals surface area contributed by atoms with E-state index in [1.54, 1.807) is 0 Å². The maximum absolute atomic E-state index is 11.6. The zero-order chi connectivity index (χ0) is 7.65. The number of hydrogen-bond acceptors (Lipinski definition) is 0. The Morgan fingerprint density at radius 1 is 1.11 bits per heavy atom. The van der Waals surface area contributed by atoms with Crippen molar-refractivity contribution < 1.29 is 17.6 Å². The van der Waals surface area contributed by atoms with Gasteiger partial charge in [0, 0.05) is 0 Å². The summed E-state index contributed by atoms with van der Waals surface area (Å²) in [6.45, 7) is 4.86. The summed E-state index contributed by atoms with van der Waals surface area (Å²) in [6, 6.07) is 0. The predicted molar refractivity (Wildman–Crippen MR) is 25.4 cm³/mol. The van der Waals surface area contributed by atoms with Crippen molar-refractivity contribution in [3.8, 4) is 0 Å². The first-order valence-corrected chi connectivity index (χ1v) is 1.96. The van der Waals surface area contributed by atoms with E-state index in [9.17, 15) is 17.6 Å². The van der Waals surface area contributed by atoms with Gasteiger partial charge in [-0.2, -0.15) is 13.2 Å². The Labute approximate surface area is 49.5 Å². The van der Waals surface area contributed by atoms with Crippen LogP contribution < -0.4 is 0 Å². The fraction of sp³-hybridized carbons (Fsp3) is 0.200. The van der Waals surface area contributed by atoms with Gasteiger partial charge in [0.1, 0.15) is 5.83 Å². The van der Waals surface area contributed by atoms with Crippen molar-refractivity contribution in [1.82, 2.24) is 0 Å². The third kappa shape index (κ3) is 2.30. The van der Waals surface area contributed by atoms with Crippen LogP contribution in [0.4, 0.5) is 17.6 Å². The molecular formula is C5H4F4. The Morgan fingerprint density at radius 3 is 1.44 bits per heavy atom. The van der Waals surface area contributed by atoms with Crippen LogP contribution in [0, 0.1) is 0 Å². The highest BCUT2D eigenvalue weighted by atomic mass is 19.4. The number of hydrogen-bond donors (Lipinski definition) is 0. The van der Waals surface area contributed by atoms with E-state index in [-0.39, 0.29) is 0 Å². The monoisotopic (exact) mass is 140 g/mol. The van der Waals surface area contributed by atoms with Gasteiger partial charge in [0.15, 0.2) is 0 Å². The van der Waals surface area contributed by atoms with Crippen molar-refractivity contribution in [2.24, 2.45) is 0 Å². The summed E-state index contributed by atoms with van der Waals surface area (Å²) in [5.74, 6) is -1.54. The second kappa shape index (κ2) is 2.21. The standard InChI is InChI=1S/C5H4F4/c1-3(4(2)6)5(7,8)9/h1-2H2. The third-order valence-corrected chi connectivity index (χ3v) is 0.670. The van der Waals surface area contributed by atoms with Crippen molar-refractivity contribution in [3.05, 3.63) is 24.6 Å². The molecule has 4 heteroatoms. The molecule has 0 bridgehead atoms. The van der Waals surface area contributed by atoms with Crippen LogP contribution in [0.2, 0.25) is 0 Å². The smallest absolute Gasteiger partial charge is 0.207 e. The largest absolute Gasteiger partial charge is 0.418 e. The van der Waals surface area contributed by atoms with Crippen LogP contribution >= 0.6 is 0 Å². The summed E-state index contributed by atoms with van der Waals surface area (Å²) in [5.41, 5.74) is -1.53. The molecule has 0 aromatic rings. The summed E-state index contributed by atoms with van der Waals surface area (Å²) >= 11 is 0. The van der Waals surface area contributed by atoms with E-state index in [1.165, 1.54) is 0 Å². The van der Waals surface area contributed by atoms with E-state index in [0.717, 1.165) is 0 Å². The molecule has 0 unspecified atom stereocenters. The van der Waals surface area contributed by atoms with E-state index in [0.29, 0.717) is 0 Å². The van der Waals surface area contributed by atoms with E-state index in [4.69, 9.17) is 0 Å². The van der Waals surface area contributed by atoms with Gasteiger partial charge in [-0.3, -0.25) is 0 Å². The van der Waals surface area contributed by atoms with Gasteiger partial charge >= 0.3 is 6.18 Å². The van der Waals surface area contributed by atoms with Crippen LogP contribution in [0.15, 0.2) is 24.6 Å². The van der Waals surface area contributed by atoms with Gasteiger partial charge in [-0.15, -0.1) is 0 Å². The molecule has 0 aliphatic rings. The minimum absolute atomic E-state index is 1.53. The van der Waals surface area contributed by atoms with Gasteiger partial charge in [0.2, 0.25) is 0 Å². The second-order valence-electron chi connectivity index (χ2n) is 1.38. The molecule has 0 aromatic carbocycles. The van der Waals surface area contributed by atoms with Crippen molar-refractivity contribution in [3.63, 3.8) is 0 Å². The SMILES string of the molecule is C=C(F)C(=C)C(F)(F)F. The average Bonchev–Trinajstić information content (AvgIpc) is 1.62. The molecule has 9 heavy (non-hydrogen) atoms. The van der Waals surface area contributed by atoms with Crippen molar-refractivity contribution in [2.75, 3.05) is 0 Å². The average molecular weight is 140 g/mol. The lowest BCUT2D eigenvalue weighted by molar-refractivity contribution is -0.0905. The van der Waals surface area contributed by atoms with Crippen LogP contribution in [-0.4, -0.2) is 6.18 Å². The lowest BCUT2D eigenvalue weighted by atomic mass is 10.3.